The Labute approximate surface area is 193 Å². The van der Waals surface area contributed by atoms with Crippen LogP contribution in [0.3, 0.4) is 0 Å². The number of unbranched alkanes of at least 4 members (excludes halogenated alkanes) is 1. The van der Waals surface area contributed by atoms with Gasteiger partial charge in [-0.25, -0.2) is 9.78 Å². The molecular formula is C21H24Cl2N4O5. The van der Waals surface area contributed by atoms with E-state index in [0.29, 0.717) is 34.6 Å². The van der Waals surface area contributed by atoms with Gasteiger partial charge in [-0.05, 0) is 31.0 Å². The van der Waals surface area contributed by atoms with E-state index in [0.717, 1.165) is 12.8 Å². The van der Waals surface area contributed by atoms with Crippen LogP contribution in [0.4, 0.5) is 0 Å². The van der Waals surface area contributed by atoms with Crippen molar-refractivity contribution in [2.45, 2.75) is 45.8 Å². The molecule has 172 valence electrons. The first-order valence-electron chi connectivity index (χ1n) is 10.2. The molecule has 2 heterocycles. The molecule has 32 heavy (non-hydrogen) atoms. The van der Waals surface area contributed by atoms with Gasteiger partial charge < -0.3 is 14.0 Å². The second-order valence-electron chi connectivity index (χ2n) is 7.21. The van der Waals surface area contributed by atoms with Crippen molar-refractivity contribution in [2.24, 2.45) is 7.05 Å². The lowest BCUT2D eigenvalue weighted by Crippen LogP contribution is -2.31. The summed E-state index contributed by atoms with van der Waals surface area (Å²) in [6.07, 6.45) is 2.22. The Morgan fingerprint density at radius 1 is 1.22 bits per heavy atom. The standard InChI is InChI=1S/C21H24Cl2N4O5/c1-3-4-9-27-19-18(20(29)25-21(27)30)26(2)16(24-19)12-32-17(28)6-5-10-31-15-8-7-13(22)11-14(15)23/h7-8,11H,3-6,9-10,12H2,1-2H3,(H,25,29,30). The molecule has 1 N–H and O–H groups in total. The van der Waals surface area contributed by atoms with Gasteiger partial charge in [0.2, 0.25) is 0 Å². The molecule has 0 saturated heterocycles. The summed E-state index contributed by atoms with van der Waals surface area (Å²) in [5.41, 5.74) is -0.476. The fourth-order valence-corrected chi connectivity index (χ4v) is 3.62. The highest BCUT2D eigenvalue weighted by Crippen LogP contribution is 2.27. The van der Waals surface area contributed by atoms with Gasteiger partial charge in [0, 0.05) is 25.0 Å². The molecule has 1 aromatic carbocycles. The second kappa shape index (κ2) is 10.7. The average Bonchev–Trinajstić information content (AvgIpc) is 3.07. The Balaban J connectivity index is 1.59. The number of imidazole rings is 1. The molecule has 2 aromatic heterocycles. The number of halogens is 2. The summed E-state index contributed by atoms with van der Waals surface area (Å²) in [5.74, 6) is 0.433. The number of aromatic nitrogens is 4. The van der Waals surface area contributed by atoms with Crippen LogP contribution < -0.4 is 16.0 Å². The second-order valence-corrected chi connectivity index (χ2v) is 8.05. The van der Waals surface area contributed by atoms with Gasteiger partial charge in [0.15, 0.2) is 11.2 Å². The van der Waals surface area contributed by atoms with E-state index in [2.05, 4.69) is 9.97 Å². The molecule has 0 saturated carbocycles. The maximum Gasteiger partial charge on any atom is 0.330 e. The van der Waals surface area contributed by atoms with E-state index in [-0.39, 0.29) is 30.8 Å². The van der Waals surface area contributed by atoms with Gasteiger partial charge in [-0.1, -0.05) is 36.5 Å². The Hall–Kier alpha value is -2.78. The summed E-state index contributed by atoms with van der Waals surface area (Å²) < 4.78 is 13.8. The van der Waals surface area contributed by atoms with Gasteiger partial charge >= 0.3 is 11.7 Å². The first-order valence-corrected chi connectivity index (χ1v) is 11.0. The predicted molar refractivity (Wildman–Crippen MR) is 121 cm³/mol. The summed E-state index contributed by atoms with van der Waals surface area (Å²) in [6, 6.07) is 4.91. The number of hydrogen-bond acceptors (Lipinski definition) is 6. The Bertz CT molecular complexity index is 1230. The molecule has 0 spiro atoms. The number of hydrogen-bond donors (Lipinski definition) is 1. The quantitative estimate of drug-likeness (QED) is 0.350. The van der Waals surface area contributed by atoms with Gasteiger partial charge in [0.25, 0.3) is 5.56 Å². The third-order valence-corrected chi connectivity index (χ3v) is 5.41. The number of fused-ring (bicyclic) bond motifs is 1. The minimum Gasteiger partial charge on any atom is -0.492 e. The van der Waals surface area contributed by atoms with Crippen LogP contribution in [0.25, 0.3) is 11.2 Å². The van der Waals surface area contributed by atoms with Crippen LogP contribution in [0, 0.1) is 0 Å². The van der Waals surface area contributed by atoms with Crippen LogP contribution in [-0.2, 0) is 29.7 Å². The number of ether oxygens (including phenoxy) is 2. The molecule has 3 rings (SSSR count). The molecule has 0 aliphatic heterocycles. The molecule has 0 fully saturated rings. The van der Waals surface area contributed by atoms with Crippen LogP contribution >= 0.6 is 23.2 Å². The zero-order chi connectivity index (χ0) is 23.3. The normalized spacial score (nSPS) is 11.1. The topological polar surface area (TPSA) is 108 Å². The first kappa shape index (κ1) is 23.9. The zero-order valence-corrected chi connectivity index (χ0v) is 19.3. The van der Waals surface area contributed by atoms with Crippen LogP contribution in [-0.4, -0.2) is 31.7 Å². The van der Waals surface area contributed by atoms with Gasteiger partial charge in [-0.2, -0.15) is 0 Å². The van der Waals surface area contributed by atoms with Crippen molar-refractivity contribution in [1.29, 1.82) is 0 Å². The maximum absolute atomic E-state index is 12.3. The Kier molecular flexibility index (Phi) is 7.98. The van der Waals surface area contributed by atoms with Crippen molar-refractivity contribution in [2.75, 3.05) is 6.61 Å². The van der Waals surface area contributed by atoms with E-state index in [4.69, 9.17) is 32.7 Å². The lowest BCUT2D eigenvalue weighted by Gasteiger charge is -2.08. The number of nitrogens with one attached hydrogen (secondary N) is 1. The van der Waals surface area contributed by atoms with Crippen LogP contribution in [0.2, 0.25) is 10.0 Å². The van der Waals surface area contributed by atoms with E-state index < -0.39 is 17.2 Å². The predicted octanol–water partition coefficient (Wildman–Crippen LogP) is 3.43. The van der Waals surface area contributed by atoms with Crippen molar-refractivity contribution < 1.29 is 14.3 Å². The van der Waals surface area contributed by atoms with Gasteiger partial charge in [0.05, 0.1) is 11.6 Å². The molecular weight excluding hydrogens is 459 g/mol. The monoisotopic (exact) mass is 482 g/mol. The van der Waals surface area contributed by atoms with E-state index in [1.807, 2.05) is 6.92 Å². The van der Waals surface area contributed by atoms with Crippen molar-refractivity contribution in [1.82, 2.24) is 19.1 Å². The number of nitrogens with zero attached hydrogens (tertiary/aromatic N) is 3. The van der Waals surface area contributed by atoms with Crippen molar-refractivity contribution >= 4 is 40.3 Å². The lowest BCUT2D eigenvalue weighted by molar-refractivity contribution is -0.145. The van der Waals surface area contributed by atoms with Gasteiger partial charge in [0.1, 0.15) is 18.2 Å². The summed E-state index contributed by atoms with van der Waals surface area (Å²) in [4.78, 5) is 43.3. The largest absolute Gasteiger partial charge is 0.492 e. The number of benzene rings is 1. The molecule has 3 aromatic rings. The number of aryl methyl sites for hydroxylation is 2. The molecule has 0 unspecified atom stereocenters. The van der Waals surface area contributed by atoms with Crippen molar-refractivity contribution in [3.05, 3.63) is 54.9 Å². The Morgan fingerprint density at radius 3 is 2.72 bits per heavy atom. The highest BCUT2D eigenvalue weighted by Gasteiger charge is 2.17. The van der Waals surface area contributed by atoms with Gasteiger partial charge in [-0.3, -0.25) is 19.1 Å². The minimum atomic E-state index is -0.525. The Morgan fingerprint density at radius 2 is 2.00 bits per heavy atom. The fourth-order valence-electron chi connectivity index (χ4n) is 3.15. The van der Waals surface area contributed by atoms with Crippen LogP contribution in [0.5, 0.6) is 5.75 Å². The molecule has 11 heteroatoms. The van der Waals surface area contributed by atoms with Crippen LogP contribution in [0.1, 0.15) is 38.4 Å². The summed E-state index contributed by atoms with van der Waals surface area (Å²) in [6.45, 7) is 2.61. The molecule has 0 amide bonds. The smallest absolute Gasteiger partial charge is 0.330 e. The number of carbonyl (C=O) groups excluding carboxylic acids is 1. The molecule has 0 aliphatic rings. The summed E-state index contributed by atoms with van der Waals surface area (Å²) >= 11 is 11.9. The average molecular weight is 483 g/mol. The van der Waals surface area contributed by atoms with E-state index in [1.54, 1.807) is 25.2 Å². The molecule has 0 bridgehead atoms. The summed E-state index contributed by atoms with van der Waals surface area (Å²) in [7, 11) is 1.64. The number of carbonyl (C=O) groups is 1. The molecule has 0 aliphatic carbocycles. The lowest BCUT2D eigenvalue weighted by atomic mass is 10.3. The fraction of sp³-hybridized carbons (Fsp3) is 0.429. The van der Waals surface area contributed by atoms with Crippen molar-refractivity contribution in [3.8, 4) is 5.75 Å². The van der Waals surface area contributed by atoms with E-state index in [1.165, 1.54) is 9.13 Å². The van der Waals surface area contributed by atoms with E-state index >= 15 is 0 Å². The zero-order valence-electron chi connectivity index (χ0n) is 17.8. The number of H-pyrrole nitrogens is 1. The highest BCUT2D eigenvalue weighted by atomic mass is 35.5. The third kappa shape index (κ3) is 5.52. The minimum absolute atomic E-state index is 0.116. The highest BCUT2D eigenvalue weighted by molar-refractivity contribution is 6.35. The molecule has 0 radical (unpaired) electrons. The SMILES string of the molecule is CCCCn1c(=O)[nH]c(=O)c2c1nc(COC(=O)CCCOc1ccc(Cl)cc1Cl)n2C. The molecule has 9 nitrogen and oxygen atoms in total. The van der Waals surface area contributed by atoms with E-state index in [9.17, 15) is 14.4 Å². The maximum atomic E-state index is 12.3. The number of aromatic amines is 1. The number of esters is 1. The van der Waals surface area contributed by atoms with Gasteiger partial charge in [-0.15, -0.1) is 0 Å². The number of rotatable bonds is 10. The first-order chi connectivity index (χ1) is 15.3. The molecule has 0 atom stereocenters. The third-order valence-electron chi connectivity index (χ3n) is 4.88. The van der Waals surface area contributed by atoms with Crippen LogP contribution in [0.15, 0.2) is 27.8 Å². The van der Waals surface area contributed by atoms with Crippen molar-refractivity contribution in [3.63, 3.8) is 0 Å². The summed E-state index contributed by atoms with van der Waals surface area (Å²) in [5, 5.41) is 0.909.